The first-order valence-electron chi connectivity index (χ1n) is 6.36. The third kappa shape index (κ3) is 5.16. The molecule has 0 aliphatic carbocycles. The Morgan fingerprint density at radius 1 is 1.18 bits per heavy atom. The first kappa shape index (κ1) is 17.0. The SMILES string of the molecule is CC(C)=CC=CC(C)=NNc1ccc([N+](=O)[O-])cc1[N+](=O)[O-]. The third-order valence-electron chi connectivity index (χ3n) is 2.51. The summed E-state index contributed by atoms with van der Waals surface area (Å²) in [7, 11) is 0. The number of nitro groups is 2. The molecule has 8 heteroatoms. The van der Waals surface area contributed by atoms with Crippen LogP contribution in [0.2, 0.25) is 0 Å². The topological polar surface area (TPSA) is 111 Å². The Labute approximate surface area is 127 Å². The molecule has 0 saturated carbocycles. The van der Waals surface area contributed by atoms with Crippen LogP contribution in [0.1, 0.15) is 20.8 Å². The zero-order valence-electron chi connectivity index (χ0n) is 12.4. The highest BCUT2D eigenvalue weighted by Gasteiger charge is 2.19. The fraction of sp³-hybridized carbons (Fsp3) is 0.214. The van der Waals surface area contributed by atoms with E-state index in [0.717, 1.165) is 11.6 Å². The Balaban J connectivity index is 2.98. The van der Waals surface area contributed by atoms with Gasteiger partial charge in [0.1, 0.15) is 5.69 Å². The van der Waals surface area contributed by atoms with Gasteiger partial charge in [0, 0.05) is 6.07 Å². The summed E-state index contributed by atoms with van der Waals surface area (Å²) in [5, 5.41) is 25.6. The molecule has 8 nitrogen and oxygen atoms in total. The van der Waals surface area contributed by atoms with Crippen LogP contribution in [-0.2, 0) is 0 Å². The minimum absolute atomic E-state index is 0.0885. The predicted octanol–water partition coefficient (Wildman–Crippen LogP) is 3.81. The van der Waals surface area contributed by atoms with E-state index in [2.05, 4.69) is 10.5 Å². The van der Waals surface area contributed by atoms with Crippen molar-refractivity contribution in [2.75, 3.05) is 5.43 Å². The van der Waals surface area contributed by atoms with Gasteiger partial charge in [-0.05, 0) is 32.9 Å². The maximum absolute atomic E-state index is 11.0. The maximum atomic E-state index is 11.0. The lowest BCUT2D eigenvalue weighted by Gasteiger charge is -2.02. The summed E-state index contributed by atoms with van der Waals surface area (Å²) in [4.78, 5) is 20.2. The molecule has 0 aliphatic heterocycles. The van der Waals surface area contributed by atoms with Crippen LogP contribution in [0.5, 0.6) is 0 Å². The number of hydrazone groups is 1. The fourth-order valence-corrected chi connectivity index (χ4v) is 1.44. The molecule has 22 heavy (non-hydrogen) atoms. The molecule has 0 unspecified atom stereocenters. The number of benzene rings is 1. The molecular weight excluding hydrogens is 288 g/mol. The Morgan fingerprint density at radius 2 is 1.86 bits per heavy atom. The van der Waals surface area contributed by atoms with E-state index in [9.17, 15) is 20.2 Å². The van der Waals surface area contributed by atoms with Crippen molar-refractivity contribution >= 4 is 22.8 Å². The molecular formula is C14H16N4O4. The van der Waals surface area contributed by atoms with Gasteiger partial charge in [0.2, 0.25) is 0 Å². The first-order chi connectivity index (χ1) is 10.3. The van der Waals surface area contributed by atoms with Crippen LogP contribution in [0.4, 0.5) is 17.1 Å². The van der Waals surface area contributed by atoms with Crippen molar-refractivity contribution in [1.82, 2.24) is 0 Å². The van der Waals surface area contributed by atoms with Crippen LogP contribution in [-0.4, -0.2) is 15.6 Å². The summed E-state index contributed by atoms with van der Waals surface area (Å²) in [6.45, 7) is 5.63. The van der Waals surface area contributed by atoms with Gasteiger partial charge in [0.15, 0.2) is 0 Å². The Morgan fingerprint density at radius 3 is 2.41 bits per heavy atom. The molecule has 0 atom stereocenters. The van der Waals surface area contributed by atoms with Crippen LogP contribution < -0.4 is 5.43 Å². The monoisotopic (exact) mass is 304 g/mol. The number of hydrogen-bond acceptors (Lipinski definition) is 6. The smallest absolute Gasteiger partial charge is 0.271 e. The Bertz CT molecular complexity index is 673. The van der Waals surface area contributed by atoms with Crippen molar-refractivity contribution in [3.05, 3.63) is 62.2 Å². The normalized spacial score (nSPS) is 11.3. The van der Waals surface area contributed by atoms with Crippen molar-refractivity contribution in [3.63, 3.8) is 0 Å². The average Bonchev–Trinajstić information content (AvgIpc) is 2.44. The van der Waals surface area contributed by atoms with E-state index in [-0.39, 0.29) is 11.4 Å². The molecule has 0 amide bonds. The van der Waals surface area contributed by atoms with Gasteiger partial charge in [-0.3, -0.25) is 25.7 Å². The summed E-state index contributed by atoms with van der Waals surface area (Å²) in [6.07, 6.45) is 5.44. The van der Waals surface area contributed by atoms with E-state index < -0.39 is 15.5 Å². The van der Waals surface area contributed by atoms with Gasteiger partial charge < -0.3 is 0 Å². The summed E-state index contributed by atoms with van der Waals surface area (Å²) in [5.41, 5.74) is 3.62. The van der Waals surface area contributed by atoms with Gasteiger partial charge in [-0.15, -0.1) is 0 Å². The van der Waals surface area contributed by atoms with Crippen molar-refractivity contribution in [3.8, 4) is 0 Å². The van der Waals surface area contributed by atoms with Crippen molar-refractivity contribution in [1.29, 1.82) is 0 Å². The van der Waals surface area contributed by atoms with E-state index >= 15 is 0 Å². The van der Waals surface area contributed by atoms with E-state index in [4.69, 9.17) is 0 Å². The van der Waals surface area contributed by atoms with E-state index in [1.807, 2.05) is 19.9 Å². The quantitative estimate of drug-likeness (QED) is 0.372. The summed E-state index contributed by atoms with van der Waals surface area (Å²) in [5.74, 6) is 0. The molecule has 0 spiro atoms. The second-order valence-corrected chi connectivity index (χ2v) is 4.68. The number of non-ortho nitro benzene ring substituents is 1. The second kappa shape index (κ2) is 7.67. The fourth-order valence-electron chi connectivity index (χ4n) is 1.44. The van der Waals surface area contributed by atoms with Crippen LogP contribution in [0, 0.1) is 20.2 Å². The molecule has 0 aromatic heterocycles. The minimum Gasteiger partial charge on any atom is -0.271 e. The van der Waals surface area contributed by atoms with Crippen LogP contribution in [0.3, 0.4) is 0 Å². The predicted molar refractivity (Wildman–Crippen MR) is 85.1 cm³/mol. The van der Waals surface area contributed by atoms with E-state index in [1.54, 1.807) is 19.1 Å². The third-order valence-corrected chi connectivity index (χ3v) is 2.51. The molecule has 1 aromatic rings. The van der Waals surface area contributed by atoms with Gasteiger partial charge in [-0.1, -0.05) is 17.7 Å². The maximum Gasteiger partial charge on any atom is 0.301 e. The second-order valence-electron chi connectivity index (χ2n) is 4.68. The molecule has 0 aliphatic rings. The van der Waals surface area contributed by atoms with Crippen molar-refractivity contribution < 1.29 is 9.85 Å². The molecule has 0 heterocycles. The zero-order chi connectivity index (χ0) is 16.7. The molecule has 1 N–H and O–H groups in total. The lowest BCUT2D eigenvalue weighted by molar-refractivity contribution is -0.393. The highest BCUT2D eigenvalue weighted by atomic mass is 16.6. The lowest BCUT2D eigenvalue weighted by atomic mass is 10.2. The minimum atomic E-state index is -0.695. The number of nitro benzene ring substituents is 2. The highest BCUT2D eigenvalue weighted by molar-refractivity contribution is 5.93. The van der Waals surface area contributed by atoms with Gasteiger partial charge in [0.25, 0.3) is 5.69 Å². The number of rotatable bonds is 6. The molecule has 1 aromatic carbocycles. The molecule has 0 fully saturated rings. The van der Waals surface area contributed by atoms with Gasteiger partial charge >= 0.3 is 5.69 Å². The van der Waals surface area contributed by atoms with Gasteiger partial charge in [-0.2, -0.15) is 5.10 Å². The number of nitrogens with one attached hydrogen (secondary N) is 1. The lowest BCUT2D eigenvalue weighted by Crippen LogP contribution is -2.00. The van der Waals surface area contributed by atoms with Crippen LogP contribution in [0.15, 0.2) is 47.1 Å². The summed E-state index contributed by atoms with van der Waals surface area (Å²) < 4.78 is 0. The highest BCUT2D eigenvalue weighted by Crippen LogP contribution is 2.28. The van der Waals surface area contributed by atoms with Gasteiger partial charge in [0.05, 0.1) is 21.6 Å². The van der Waals surface area contributed by atoms with E-state index in [0.29, 0.717) is 5.71 Å². The summed E-state index contributed by atoms with van der Waals surface area (Å²) >= 11 is 0. The number of allylic oxidation sites excluding steroid dienone is 4. The van der Waals surface area contributed by atoms with Crippen molar-refractivity contribution in [2.24, 2.45) is 5.10 Å². The summed E-state index contributed by atoms with van der Waals surface area (Å²) in [6, 6.07) is 3.33. The number of nitrogens with zero attached hydrogens (tertiary/aromatic N) is 3. The first-order valence-corrected chi connectivity index (χ1v) is 6.36. The number of anilines is 1. The molecule has 0 bridgehead atoms. The van der Waals surface area contributed by atoms with Crippen molar-refractivity contribution in [2.45, 2.75) is 20.8 Å². The molecule has 116 valence electrons. The van der Waals surface area contributed by atoms with Crippen LogP contribution in [0.25, 0.3) is 0 Å². The molecule has 0 radical (unpaired) electrons. The molecule has 1 rings (SSSR count). The van der Waals surface area contributed by atoms with Gasteiger partial charge in [-0.25, -0.2) is 0 Å². The zero-order valence-corrected chi connectivity index (χ0v) is 12.4. The largest absolute Gasteiger partial charge is 0.301 e. The Kier molecular flexibility index (Phi) is 5.94. The number of hydrogen-bond donors (Lipinski definition) is 1. The van der Waals surface area contributed by atoms with E-state index in [1.165, 1.54) is 12.1 Å². The average molecular weight is 304 g/mol. The Hall–Kier alpha value is -3.03. The molecule has 0 saturated heterocycles. The standard InChI is InChI=1S/C14H16N4O4/c1-10(2)5-4-6-11(3)15-16-13-8-7-12(17(19)20)9-14(13)18(21)22/h4-9,16H,1-3H3. The van der Waals surface area contributed by atoms with Crippen LogP contribution >= 0.6 is 0 Å².